The molecule has 18 heavy (non-hydrogen) atoms. The minimum atomic E-state index is 0.841. The van der Waals surface area contributed by atoms with Crippen molar-refractivity contribution in [3.8, 4) is 11.1 Å². The Kier molecular flexibility index (Phi) is 2.59. The van der Waals surface area contributed by atoms with Gasteiger partial charge in [-0.2, -0.15) is 5.10 Å². The molecule has 0 aliphatic heterocycles. The third-order valence-electron chi connectivity index (χ3n) is 3.12. The van der Waals surface area contributed by atoms with Crippen LogP contribution in [0.4, 0.5) is 0 Å². The fourth-order valence-electron chi connectivity index (χ4n) is 2.26. The number of hydrogen-bond acceptors (Lipinski definition) is 2. The highest BCUT2D eigenvalue weighted by molar-refractivity contribution is 5.92. The zero-order valence-electron chi connectivity index (χ0n) is 10.6. The molecule has 0 aliphatic rings. The second kappa shape index (κ2) is 4.26. The topological polar surface area (TPSA) is 30.7 Å². The lowest BCUT2D eigenvalue weighted by Gasteiger charge is -2.05. The van der Waals surface area contributed by atoms with Crippen LogP contribution in [-0.4, -0.2) is 14.8 Å². The lowest BCUT2D eigenvalue weighted by Crippen LogP contribution is -1.98. The standard InChI is InChI=1S/C15H15N3/c1-3-18-15-14(10-16-18)13(9-11(2)17-15)12-7-5-4-6-8-12/h4-10H,3H2,1-2H3. The van der Waals surface area contributed by atoms with Crippen LogP contribution in [0.5, 0.6) is 0 Å². The Labute approximate surface area is 106 Å². The van der Waals surface area contributed by atoms with E-state index in [4.69, 9.17) is 0 Å². The fraction of sp³-hybridized carbons (Fsp3) is 0.200. The maximum atomic E-state index is 4.59. The molecule has 2 heterocycles. The van der Waals surface area contributed by atoms with Crippen molar-refractivity contribution in [3.63, 3.8) is 0 Å². The van der Waals surface area contributed by atoms with E-state index >= 15 is 0 Å². The number of benzene rings is 1. The van der Waals surface area contributed by atoms with Crippen LogP contribution in [0.15, 0.2) is 42.6 Å². The summed E-state index contributed by atoms with van der Waals surface area (Å²) in [6.07, 6.45) is 1.91. The average molecular weight is 237 g/mol. The quantitative estimate of drug-likeness (QED) is 0.683. The predicted molar refractivity (Wildman–Crippen MR) is 73.4 cm³/mol. The van der Waals surface area contributed by atoms with E-state index in [2.05, 4.69) is 47.3 Å². The zero-order valence-corrected chi connectivity index (χ0v) is 10.6. The summed E-state index contributed by atoms with van der Waals surface area (Å²) in [6, 6.07) is 12.5. The van der Waals surface area contributed by atoms with Crippen LogP contribution in [0, 0.1) is 6.92 Å². The Bertz CT molecular complexity index is 684. The van der Waals surface area contributed by atoms with Gasteiger partial charge in [0.15, 0.2) is 5.65 Å². The van der Waals surface area contributed by atoms with Gasteiger partial charge >= 0.3 is 0 Å². The molecule has 3 rings (SSSR count). The van der Waals surface area contributed by atoms with Gasteiger partial charge in [0.1, 0.15) is 0 Å². The summed E-state index contributed by atoms with van der Waals surface area (Å²) in [7, 11) is 0. The summed E-state index contributed by atoms with van der Waals surface area (Å²) in [6.45, 7) is 4.95. The van der Waals surface area contributed by atoms with Crippen LogP contribution in [-0.2, 0) is 6.54 Å². The smallest absolute Gasteiger partial charge is 0.158 e. The predicted octanol–water partition coefficient (Wildman–Crippen LogP) is 3.43. The molecule has 1 aromatic carbocycles. The third-order valence-corrected chi connectivity index (χ3v) is 3.12. The van der Waals surface area contributed by atoms with Crippen LogP contribution in [0.1, 0.15) is 12.6 Å². The number of nitrogens with zero attached hydrogens (tertiary/aromatic N) is 3. The van der Waals surface area contributed by atoms with Crippen molar-refractivity contribution in [1.82, 2.24) is 14.8 Å². The Hall–Kier alpha value is -2.16. The van der Waals surface area contributed by atoms with Crippen molar-refractivity contribution < 1.29 is 0 Å². The fourth-order valence-corrected chi connectivity index (χ4v) is 2.26. The summed E-state index contributed by atoms with van der Waals surface area (Å²) in [4.78, 5) is 4.59. The molecule has 0 fully saturated rings. The number of aromatic nitrogens is 3. The first kappa shape index (κ1) is 11.0. The van der Waals surface area contributed by atoms with Gasteiger partial charge in [0, 0.05) is 17.6 Å². The molecule has 0 saturated heterocycles. The molecule has 0 N–H and O–H groups in total. The molecule has 3 heteroatoms. The molecule has 0 atom stereocenters. The minimum absolute atomic E-state index is 0.841. The normalized spacial score (nSPS) is 11.0. The number of pyridine rings is 1. The second-order valence-corrected chi connectivity index (χ2v) is 4.37. The zero-order chi connectivity index (χ0) is 12.5. The lowest BCUT2D eigenvalue weighted by molar-refractivity contribution is 0.676. The molecular formula is C15H15N3. The molecule has 3 aromatic rings. The first-order valence-corrected chi connectivity index (χ1v) is 6.18. The monoisotopic (exact) mass is 237 g/mol. The highest BCUT2D eigenvalue weighted by Gasteiger charge is 2.10. The van der Waals surface area contributed by atoms with E-state index in [0.717, 1.165) is 23.3 Å². The van der Waals surface area contributed by atoms with Crippen molar-refractivity contribution in [2.24, 2.45) is 0 Å². The molecule has 0 amide bonds. The van der Waals surface area contributed by atoms with Gasteiger partial charge in [0.2, 0.25) is 0 Å². The van der Waals surface area contributed by atoms with Crippen molar-refractivity contribution in [2.45, 2.75) is 20.4 Å². The Morgan fingerprint density at radius 3 is 2.67 bits per heavy atom. The molecule has 0 saturated carbocycles. The summed E-state index contributed by atoms with van der Waals surface area (Å²) in [5.74, 6) is 0. The number of rotatable bonds is 2. The van der Waals surface area contributed by atoms with E-state index in [0.29, 0.717) is 0 Å². The van der Waals surface area contributed by atoms with Gasteiger partial charge in [-0.1, -0.05) is 30.3 Å². The van der Waals surface area contributed by atoms with Gasteiger partial charge in [-0.25, -0.2) is 9.67 Å². The van der Waals surface area contributed by atoms with Gasteiger partial charge in [0.25, 0.3) is 0 Å². The summed E-state index contributed by atoms with van der Waals surface area (Å²) >= 11 is 0. The van der Waals surface area contributed by atoms with Gasteiger partial charge in [-0.05, 0) is 31.0 Å². The maximum Gasteiger partial charge on any atom is 0.158 e. The summed E-state index contributed by atoms with van der Waals surface area (Å²) in [5, 5.41) is 5.51. The highest BCUT2D eigenvalue weighted by atomic mass is 15.3. The van der Waals surface area contributed by atoms with Crippen LogP contribution < -0.4 is 0 Å². The minimum Gasteiger partial charge on any atom is -0.248 e. The molecule has 0 aliphatic carbocycles. The first-order chi connectivity index (χ1) is 8.79. The van der Waals surface area contributed by atoms with Crippen LogP contribution in [0.2, 0.25) is 0 Å². The number of fused-ring (bicyclic) bond motifs is 1. The molecule has 90 valence electrons. The largest absolute Gasteiger partial charge is 0.248 e. The summed E-state index contributed by atoms with van der Waals surface area (Å²) < 4.78 is 1.94. The van der Waals surface area contributed by atoms with Crippen LogP contribution in [0.3, 0.4) is 0 Å². The van der Waals surface area contributed by atoms with E-state index in [9.17, 15) is 0 Å². The van der Waals surface area contributed by atoms with Crippen LogP contribution >= 0.6 is 0 Å². The van der Waals surface area contributed by atoms with Gasteiger partial charge in [-0.3, -0.25) is 0 Å². The van der Waals surface area contributed by atoms with Gasteiger partial charge in [0.05, 0.1) is 6.20 Å². The van der Waals surface area contributed by atoms with E-state index in [1.807, 2.05) is 23.9 Å². The van der Waals surface area contributed by atoms with Crippen LogP contribution in [0.25, 0.3) is 22.2 Å². The van der Waals surface area contributed by atoms with E-state index in [-0.39, 0.29) is 0 Å². The first-order valence-electron chi connectivity index (χ1n) is 6.18. The number of hydrogen-bond donors (Lipinski definition) is 0. The Morgan fingerprint density at radius 1 is 1.17 bits per heavy atom. The van der Waals surface area contributed by atoms with Crippen molar-refractivity contribution >= 4 is 11.0 Å². The average Bonchev–Trinajstić information content (AvgIpc) is 2.81. The highest BCUT2D eigenvalue weighted by Crippen LogP contribution is 2.28. The number of aryl methyl sites for hydroxylation is 2. The Balaban J connectivity index is 2.32. The van der Waals surface area contributed by atoms with Crippen molar-refractivity contribution in [2.75, 3.05) is 0 Å². The van der Waals surface area contributed by atoms with E-state index < -0.39 is 0 Å². The molecule has 3 nitrogen and oxygen atoms in total. The third kappa shape index (κ3) is 1.68. The molecule has 0 bridgehead atoms. The SMILES string of the molecule is CCn1ncc2c(-c3ccccc3)cc(C)nc21. The van der Waals surface area contributed by atoms with Gasteiger partial charge in [-0.15, -0.1) is 0 Å². The molecular weight excluding hydrogens is 222 g/mol. The van der Waals surface area contributed by atoms with E-state index in [1.165, 1.54) is 11.1 Å². The summed E-state index contributed by atoms with van der Waals surface area (Å²) in [5.41, 5.74) is 4.41. The van der Waals surface area contributed by atoms with Crippen molar-refractivity contribution in [3.05, 3.63) is 48.3 Å². The lowest BCUT2D eigenvalue weighted by atomic mass is 10.0. The molecule has 0 radical (unpaired) electrons. The van der Waals surface area contributed by atoms with E-state index in [1.54, 1.807) is 0 Å². The van der Waals surface area contributed by atoms with Gasteiger partial charge < -0.3 is 0 Å². The molecule has 0 unspecified atom stereocenters. The Morgan fingerprint density at radius 2 is 1.94 bits per heavy atom. The molecule has 0 spiro atoms. The second-order valence-electron chi connectivity index (χ2n) is 4.37. The maximum absolute atomic E-state index is 4.59. The van der Waals surface area contributed by atoms with Crippen molar-refractivity contribution in [1.29, 1.82) is 0 Å². The molecule has 2 aromatic heterocycles.